The molecule has 3 aromatic heterocycles. The average Bonchev–Trinajstić information content (AvgIpc) is 3.35. The van der Waals surface area contributed by atoms with Gasteiger partial charge < -0.3 is 15.5 Å². The predicted molar refractivity (Wildman–Crippen MR) is 135 cm³/mol. The first-order valence-electron chi connectivity index (χ1n) is 10.4. The van der Waals surface area contributed by atoms with Gasteiger partial charge in [0.05, 0.1) is 30.1 Å². The summed E-state index contributed by atoms with van der Waals surface area (Å²) in [6.07, 6.45) is 1.78. The van der Waals surface area contributed by atoms with Crippen molar-refractivity contribution >= 4 is 66.2 Å². The molecule has 5 rings (SSSR count). The number of halogens is 1. The minimum absolute atomic E-state index is 0.199. The van der Waals surface area contributed by atoms with Gasteiger partial charge in [-0.15, -0.1) is 11.3 Å². The molecule has 0 saturated carbocycles. The lowest BCUT2D eigenvalue weighted by Gasteiger charge is -2.36. The van der Waals surface area contributed by atoms with Gasteiger partial charge in [-0.25, -0.2) is 18.8 Å². The molecular weight excluding hydrogens is 484 g/mol. The maximum Gasteiger partial charge on any atom is 0.203 e. The Balaban J connectivity index is 1.50. The lowest BCUT2D eigenvalue weighted by Crippen LogP contribution is -2.50. The van der Waals surface area contributed by atoms with Crippen molar-refractivity contribution in [1.29, 1.82) is 0 Å². The first kappa shape index (κ1) is 22.2. The number of piperazine rings is 1. The van der Waals surface area contributed by atoms with Crippen molar-refractivity contribution in [2.45, 2.75) is 19.4 Å². The molecule has 2 aliphatic rings. The van der Waals surface area contributed by atoms with Crippen molar-refractivity contribution in [3.8, 4) is 0 Å². The zero-order valence-corrected chi connectivity index (χ0v) is 21.0. The normalized spacial score (nSPS) is 26.2. The summed E-state index contributed by atoms with van der Waals surface area (Å²) >= 11 is 8.40. The monoisotopic (exact) mass is 508 g/mol. The Bertz CT molecular complexity index is 1360. The SMILES string of the molecule is C=S1(=O)C[C@@](C)(c2sc3c(N4CCN(c5nonc5C)CC4)nccc3c2Cl)N=C(N)N1C. The Morgan fingerprint density at radius 3 is 2.52 bits per heavy atom. The van der Waals surface area contributed by atoms with E-state index in [2.05, 4.69) is 36.0 Å². The van der Waals surface area contributed by atoms with Gasteiger partial charge in [0, 0.05) is 44.8 Å². The molecule has 0 amide bonds. The predicted octanol–water partition coefficient (Wildman–Crippen LogP) is 2.07. The van der Waals surface area contributed by atoms with Crippen LogP contribution >= 0.6 is 22.9 Å². The van der Waals surface area contributed by atoms with E-state index in [0.717, 1.165) is 58.5 Å². The Kier molecular flexibility index (Phi) is 5.22. The number of aromatic nitrogens is 3. The first-order chi connectivity index (χ1) is 15.6. The van der Waals surface area contributed by atoms with Gasteiger partial charge in [0.1, 0.15) is 17.1 Å². The molecule has 0 spiro atoms. The van der Waals surface area contributed by atoms with Gasteiger partial charge in [-0.05, 0) is 30.9 Å². The highest BCUT2D eigenvalue weighted by atomic mass is 35.5. The van der Waals surface area contributed by atoms with Crippen LogP contribution in [0.15, 0.2) is 21.9 Å². The van der Waals surface area contributed by atoms with Crippen molar-refractivity contribution in [1.82, 2.24) is 19.6 Å². The number of aryl methyl sites for hydroxylation is 1. The lowest BCUT2D eigenvalue weighted by molar-refractivity contribution is 0.304. The van der Waals surface area contributed by atoms with Gasteiger partial charge in [-0.3, -0.25) is 4.31 Å². The molecule has 2 N–H and O–H groups in total. The van der Waals surface area contributed by atoms with Gasteiger partial charge in [-0.1, -0.05) is 16.8 Å². The number of thiophene rings is 1. The summed E-state index contributed by atoms with van der Waals surface area (Å²) in [6.45, 7) is 6.88. The zero-order valence-electron chi connectivity index (χ0n) is 18.6. The highest BCUT2D eigenvalue weighted by molar-refractivity contribution is 7.98. The largest absolute Gasteiger partial charge is 0.369 e. The highest BCUT2D eigenvalue weighted by Crippen LogP contribution is 2.47. The minimum atomic E-state index is -2.61. The van der Waals surface area contributed by atoms with Crippen LogP contribution in [0.5, 0.6) is 0 Å². The maximum atomic E-state index is 13.1. The van der Waals surface area contributed by atoms with Crippen molar-refractivity contribution in [2.75, 3.05) is 48.8 Å². The van der Waals surface area contributed by atoms with E-state index in [0.29, 0.717) is 5.02 Å². The number of pyridine rings is 1. The van der Waals surface area contributed by atoms with Crippen LogP contribution in [0.2, 0.25) is 5.02 Å². The fraction of sp³-hybridized carbons (Fsp3) is 0.450. The van der Waals surface area contributed by atoms with E-state index in [1.54, 1.807) is 13.2 Å². The van der Waals surface area contributed by atoms with Crippen LogP contribution in [-0.4, -0.2) is 74.6 Å². The molecular formula is C20H25ClN8O2S2. The van der Waals surface area contributed by atoms with E-state index >= 15 is 0 Å². The standard InChI is InChI=1S/C20H25ClN8O2S2/c1-12-17(26-31-25-12)28-7-9-29(10-8-28)18-15-13(5-6-23-18)14(21)16(32-15)20(2)11-33(4,30)27(3)19(22)24-20/h5-6H,4,7-11H2,1-3H3,(H2,22,24)/t20-,33?/m0/s1. The number of rotatable bonds is 3. The topological polar surface area (TPSA) is 117 Å². The third kappa shape index (κ3) is 3.60. The summed E-state index contributed by atoms with van der Waals surface area (Å²) in [5.41, 5.74) is 6.05. The first-order valence-corrected chi connectivity index (χ1v) is 13.5. The number of guanidine groups is 1. The van der Waals surface area contributed by atoms with Crippen LogP contribution < -0.4 is 15.5 Å². The second-order valence-corrected chi connectivity index (χ2v) is 12.3. The molecule has 0 aromatic carbocycles. The van der Waals surface area contributed by atoms with E-state index in [-0.39, 0.29) is 11.7 Å². The molecule has 33 heavy (non-hydrogen) atoms. The zero-order chi connectivity index (χ0) is 23.5. The number of nitrogens with zero attached hydrogens (tertiary/aromatic N) is 7. The van der Waals surface area contributed by atoms with Crippen LogP contribution in [0.3, 0.4) is 0 Å². The van der Waals surface area contributed by atoms with Gasteiger partial charge in [-0.2, -0.15) is 0 Å². The summed E-state index contributed by atoms with van der Waals surface area (Å²) in [7, 11) is -0.956. The van der Waals surface area contributed by atoms with E-state index in [4.69, 9.17) is 22.0 Å². The molecule has 0 bridgehead atoms. The summed E-state index contributed by atoms with van der Waals surface area (Å²) in [5.74, 6) is 6.00. The average molecular weight is 509 g/mol. The Morgan fingerprint density at radius 2 is 1.91 bits per heavy atom. The Labute approximate surface area is 201 Å². The van der Waals surface area contributed by atoms with Crippen molar-refractivity contribution in [3.05, 3.63) is 27.9 Å². The molecule has 5 heterocycles. The molecule has 0 aliphatic carbocycles. The molecule has 1 saturated heterocycles. The van der Waals surface area contributed by atoms with E-state index < -0.39 is 15.2 Å². The fourth-order valence-corrected chi connectivity index (χ4v) is 7.95. The second kappa shape index (κ2) is 7.74. The summed E-state index contributed by atoms with van der Waals surface area (Å²) in [6, 6.07) is 1.91. The molecule has 1 fully saturated rings. The fourth-order valence-electron chi connectivity index (χ4n) is 4.37. The molecule has 10 nitrogen and oxygen atoms in total. The van der Waals surface area contributed by atoms with E-state index in [1.807, 2.05) is 19.9 Å². The van der Waals surface area contributed by atoms with E-state index in [1.165, 1.54) is 15.6 Å². The number of fused-ring (bicyclic) bond motifs is 1. The van der Waals surface area contributed by atoms with E-state index in [9.17, 15) is 4.21 Å². The van der Waals surface area contributed by atoms with Crippen molar-refractivity contribution in [2.24, 2.45) is 10.7 Å². The molecule has 13 heteroatoms. The summed E-state index contributed by atoms with van der Waals surface area (Å²) in [5, 5.41) is 9.40. The van der Waals surface area contributed by atoms with Gasteiger partial charge in [0.25, 0.3) is 0 Å². The smallest absolute Gasteiger partial charge is 0.203 e. The number of anilines is 2. The van der Waals surface area contributed by atoms with Crippen LogP contribution in [0.4, 0.5) is 11.6 Å². The van der Waals surface area contributed by atoms with Crippen LogP contribution in [0.1, 0.15) is 17.5 Å². The highest BCUT2D eigenvalue weighted by Gasteiger charge is 2.40. The maximum absolute atomic E-state index is 13.1. The molecule has 1 unspecified atom stereocenters. The number of nitrogens with two attached hydrogens (primary N) is 1. The molecule has 2 atom stereocenters. The Hall–Kier alpha value is -2.57. The number of aliphatic imine (C=N–C) groups is 1. The number of hydrogen-bond acceptors (Lipinski definition) is 10. The molecule has 2 aliphatic heterocycles. The quantitative estimate of drug-likeness (QED) is 0.534. The molecule has 176 valence electrons. The molecule has 3 aromatic rings. The van der Waals surface area contributed by atoms with Crippen LogP contribution in [0, 0.1) is 6.92 Å². The van der Waals surface area contributed by atoms with Crippen molar-refractivity contribution < 1.29 is 8.84 Å². The van der Waals surface area contributed by atoms with Gasteiger partial charge in [0.2, 0.25) is 5.96 Å². The van der Waals surface area contributed by atoms with Crippen molar-refractivity contribution in [3.63, 3.8) is 0 Å². The minimum Gasteiger partial charge on any atom is -0.369 e. The number of hydrogen-bond donors (Lipinski definition) is 1. The lowest BCUT2D eigenvalue weighted by atomic mass is 10.0. The summed E-state index contributed by atoms with van der Waals surface area (Å²) in [4.78, 5) is 14.6. The summed E-state index contributed by atoms with van der Waals surface area (Å²) < 4.78 is 20.4. The van der Waals surface area contributed by atoms with Crippen LogP contribution in [-0.2, 0) is 15.2 Å². The van der Waals surface area contributed by atoms with Gasteiger partial charge >= 0.3 is 0 Å². The third-order valence-electron chi connectivity index (χ3n) is 6.21. The van der Waals surface area contributed by atoms with Gasteiger partial charge in [0.15, 0.2) is 5.82 Å². The molecule has 0 radical (unpaired) electrons. The third-order valence-corrected chi connectivity index (χ3v) is 10.4. The van der Waals surface area contributed by atoms with Crippen LogP contribution in [0.25, 0.3) is 10.1 Å². The Morgan fingerprint density at radius 1 is 1.24 bits per heavy atom. The second-order valence-electron chi connectivity index (χ2n) is 8.56.